The van der Waals surface area contributed by atoms with E-state index in [2.05, 4.69) is 12.2 Å². The molecule has 1 atom stereocenters. The summed E-state index contributed by atoms with van der Waals surface area (Å²) >= 11 is 0. The summed E-state index contributed by atoms with van der Waals surface area (Å²) in [5.41, 5.74) is 2.31. The number of hydrogen-bond acceptors (Lipinski definition) is 4. The number of ether oxygens (including phenoxy) is 3. The fourth-order valence-electron chi connectivity index (χ4n) is 2.77. The van der Waals surface area contributed by atoms with Crippen molar-refractivity contribution in [2.45, 2.75) is 39.2 Å². The quantitative estimate of drug-likeness (QED) is 0.690. The van der Waals surface area contributed by atoms with Crippen molar-refractivity contribution in [3.8, 4) is 17.2 Å². The molecule has 0 bridgehead atoms. The summed E-state index contributed by atoms with van der Waals surface area (Å²) in [6, 6.07) is 13.6. The lowest BCUT2D eigenvalue weighted by atomic mass is 10.1. The van der Waals surface area contributed by atoms with E-state index in [0.717, 1.165) is 12.0 Å². The predicted molar refractivity (Wildman–Crippen MR) is 107 cm³/mol. The van der Waals surface area contributed by atoms with Crippen LogP contribution in [0.2, 0.25) is 0 Å². The monoisotopic (exact) mass is 371 g/mol. The van der Waals surface area contributed by atoms with Crippen molar-refractivity contribution in [1.29, 1.82) is 0 Å². The first-order valence-electron chi connectivity index (χ1n) is 9.35. The van der Waals surface area contributed by atoms with Crippen molar-refractivity contribution in [1.82, 2.24) is 5.32 Å². The lowest BCUT2D eigenvalue weighted by Gasteiger charge is -2.17. The zero-order valence-corrected chi connectivity index (χ0v) is 16.6. The molecule has 0 aliphatic heterocycles. The fraction of sp³-hybridized carbons (Fsp3) is 0.409. The second kappa shape index (κ2) is 10.5. The minimum atomic E-state index is -0.497. The van der Waals surface area contributed by atoms with Crippen molar-refractivity contribution >= 4 is 5.91 Å². The van der Waals surface area contributed by atoms with E-state index >= 15 is 0 Å². The molecule has 0 radical (unpaired) electrons. The van der Waals surface area contributed by atoms with Gasteiger partial charge in [0.2, 0.25) is 0 Å². The van der Waals surface area contributed by atoms with Gasteiger partial charge in [0, 0.05) is 6.54 Å². The third-order valence-corrected chi connectivity index (χ3v) is 4.43. The van der Waals surface area contributed by atoms with Gasteiger partial charge in [0.1, 0.15) is 5.75 Å². The molecule has 0 spiro atoms. The Balaban J connectivity index is 1.87. The molecule has 27 heavy (non-hydrogen) atoms. The van der Waals surface area contributed by atoms with Gasteiger partial charge in [0.05, 0.1) is 14.2 Å². The van der Waals surface area contributed by atoms with Crippen molar-refractivity contribution in [3.05, 3.63) is 53.6 Å². The standard InChI is InChI=1S/C22H29NO4/c1-5-16-7-10-18(11-8-16)27-19(6-2)22(24)23-14-13-17-9-12-20(25-3)21(15-17)26-4/h7-12,15,19H,5-6,13-14H2,1-4H3,(H,23,24)/t19-/m1/s1. The molecule has 5 nitrogen and oxygen atoms in total. The van der Waals surface area contributed by atoms with Crippen LogP contribution in [0.25, 0.3) is 0 Å². The van der Waals surface area contributed by atoms with Crippen LogP contribution in [0, 0.1) is 0 Å². The van der Waals surface area contributed by atoms with Crippen LogP contribution in [0.3, 0.4) is 0 Å². The van der Waals surface area contributed by atoms with Gasteiger partial charge in [-0.2, -0.15) is 0 Å². The minimum absolute atomic E-state index is 0.0995. The average Bonchev–Trinajstić information content (AvgIpc) is 2.72. The fourth-order valence-corrected chi connectivity index (χ4v) is 2.77. The number of rotatable bonds is 10. The lowest BCUT2D eigenvalue weighted by molar-refractivity contribution is -0.128. The molecule has 1 N–H and O–H groups in total. The number of carbonyl (C=O) groups is 1. The Kier molecular flexibility index (Phi) is 7.99. The van der Waals surface area contributed by atoms with Crippen LogP contribution in [0.15, 0.2) is 42.5 Å². The molecule has 2 aromatic rings. The molecule has 0 saturated carbocycles. The molecule has 2 rings (SSSR count). The second-order valence-corrected chi connectivity index (χ2v) is 6.24. The number of nitrogens with one attached hydrogen (secondary N) is 1. The van der Waals surface area contributed by atoms with E-state index in [-0.39, 0.29) is 5.91 Å². The first kappa shape index (κ1) is 20.6. The van der Waals surface area contributed by atoms with Gasteiger partial charge in [-0.15, -0.1) is 0 Å². The summed E-state index contributed by atoms with van der Waals surface area (Å²) < 4.78 is 16.4. The summed E-state index contributed by atoms with van der Waals surface area (Å²) in [6.45, 7) is 4.58. The lowest BCUT2D eigenvalue weighted by Crippen LogP contribution is -2.38. The van der Waals surface area contributed by atoms with Crippen LogP contribution >= 0.6 is 0 Å². The Morgan fingerprint density at radius 3 is 2.22 bits per heavy atom. The van der Waals surface area contributed by atoms with Gasteiger partial charge in [-0.05, 0) is 54.7 Å². The number of aryl methyl sites for hydroxylation is 1. The molecule has 0 fully saturated rings. The third-order valence-electron chi connectivity index (χ3n) is 4.43. The van der Waals surface area contributed by atoms with E-state index in [0.29, 0.717) is 36.6 Å². The van der Waals surface area contributed by atoms with Crippen LogP contribution in [-0.4, -0.2) is 32.8 Å². The van der Waals surface area contributed by atoms with Crippen LogP contribution < -0.4 is 19.5 Å². The first-order chi connectivity index (χ1) is 13.1. The van der Waals surface area contributed by atoms with Crippen LogP contribution in [0.1, 0.15) is 31.4 Å². The summed E-state index contributed by atoms with van der Waals surface area (Å²) in [6.07, 6.45) is 1.79. The first-order valence-corrected chi connectivity index (χ1v) is 9.35. The zero-order valence-electron chi connectivity index (χ0n) is 16.6. The highest BCUT2D eigenvalue weighted by Gasteiger charge is 2.18. The Hall–Kier alpha value is -2.69. The highest BCUT2D eigenvalue weighted by Crippen LogP contribution is 2.27. The van der Waals surface area contributed by atoms with E-state index in [1.165, 1.54) is 5.56 Å². The molecule has 5 heteroatoms. The molecule has 0 aromatic heterocycles. The van der Waals surface area contributed by atoms with Gasteiger partial charge in [-0.25, -0.2) is 0 Å². The molecule has 2 aromatic carbocycles. The Bertz CT molecular complexity index is 728. The SMILES string of the molecule is CCc1ccc(O[C@H](CC)C(=O)NCCc2ccc(OC)c(OC)c2)cc1. The van der Waals surface area contributed by atoms with Crippen molar-refractivity contribution in [2.24, 2.45) is 0 Å². The number of hydrogen-bond donors (Lipinski definition) is 1. The minimum Gasteiger partial charge on any atom is -0.493 e. The van der Waals surface area contributed by atoms with Crippen molar-refractivity contribution < 1.29 is 19.0 Å². The Morgan fingerprint density at radius 1 is 0.963 bits per heavy atom. The van der Waals surface area contributed by atoms with E-state index in [1.807, 2.05) is 49.4 Å². The van der Waals surface area contributed by atoms with E-state index in [9.17, 15) is 4.79 Å². The molecule has 1 amide bonds. The van der Waals surface area contributed by atoms with E-state index in [1.54, 1.807) is 14.2 Å². The van der Waals surface area contributed by atoms with Gasteiger partial charge in [-0.3, -0.25) is 4.79 Å². The van der Waals surface area contributed by atoms with Crippen LogP contribution in [0.4, 0.5) is 0 Å². The molecule has 146 valence electrons. The highest BCUT2D eigenvalue weighted by molar-refractivity contribution is 5.81. The summed E-state index contributed by atoms with van der Waals surface area (Å²) in [4.78, 5) is 12.4. The third kappa shape index (κ3) is 5.91. The molecule has 0 saturated heterocycles. The van der Waals surface area contributed by atoms with Gasteiger partial charge in [0.15, 0.2) is 17.6 Å². The van der Waals surface area contributed by atoms with Crippen molar-refractivity contribution in [3.63, 3.8) is 0 Å². The summed E-state index contributed by atoms with van der Waals surface area (Å²) in [5, 5.41) is 2.96. The van der Waals surface area contributed by atoms with Crippen LogP contribution in [-0.2, 0) is 17.6 Å². The van der Waals surface area contributed by atoms with E-state index < -0.39 is 6.10 Å². The number of methoxy groups -OCH3 is 2. The molecular formula is C22H29NO4. The topological polar surface area (TPSA) is 56.8 Å². The second-order valence-electron chi connectivity index (χ2n) is 6.24. The molecule has 0 heterocycles. The maximum atomic E-state index is 12.4. The smallest absolute Gasteiger partial charge is 0.261 e. The molecule has 0 aliphatic carbocycles. The van der Waals surface area contributed by atoms with Gasteiger partial charge >= 0.3 is 0 Å². The molecule has 0 aliphatic rings. The molecular weight excluding hydrogens is 342 g/mol. The average molecular weight is 371 g/mol. The Morgan fingerprint density at radius 2 is 1.63 bits per heavy atom. The summed E-state index contributed by atoms with van der Waals surface area (Å²) in [7, 11) is 3.22. The highest BCUT2D eigenvalue weighted by atomic mass is 16.5. The van der Waals surface area contributed by atoms with Crippen LogP contribution in [0.5, 0.6) is 17.2 Å². The predicted octanol–water partition coefficient (Wildman–Crippen LogP) is 3.78. The normalized spacial score (nSPS) is 11.6. The number of benzene rings is 2. The van der Waals surface area contributed by atoms with Crippen molar-refractivity contribution in [2.75, 3.05) is 20.8 Å². The van der Waals surface area contributed by atoms with Gasteiger partial charge in [0.25, 0.3) is 5.91 Å². The van der Waals surface area contributed by atoms with Gasteiger partial charge < -0.3 is 19.5 Å². The number of carbonyl (C=O) groups excluding carboxylic acids is 1. The number of amides is 1. The maximum absolute atomic E-state index is 12.4. The summed E-state index contributed by atoms with van der Waals surface area (Å²) in [5.74, 6) is 2.00. The Labute approximate surface area is 161 Å². The zero-order chi connectivity index (χ0) is 19.6. The van der Waals surface area contributed by atoms with Gasteiger partial charge in [-0.1, -0.05) is 32.0 Å². The maximum Gasteiger partial charge on any atom is 0.261 e. The largest absolute Gasteiger partial charge is 0.493 e. The van der Waals surface area contributed by atoms with E-state index in [4.69, 9.17) is 14.2 Å². The molecule has 0 unspecified atom stereocenters.